The molecule has 0 bridgehead atoms. The molecular formula is C10H12N4O. The predicted octanol–water partition coefficient (Wildman–Crippen LogP) is 0.912. The van der Waals surface area contributed by atoms with E-state index >= 15 is 0 Å². The predicted molar refractivity (Wildman–Crippen MR) is 55.1 cm³/mol. The van der Waals surface area contributed by atoms with Crippen molar-refractivity contribution in [2.24, 2.45) is 0 Å². The van der Waals surface area contributed by atoms with E-state index in [9.17, 15) is 4.79 Å². The monoisotopic (exact) mass is 204 g/mol. The van der Waals surface area contributed by atoms with E-state index in [0.717, 1.165) is 11.5 Å². The van der Waals surface area contributed by atoms with Crippen molar-refractivity contribution in [3.63, 3.8) is 0 Å². The summed E-state index contributed by atoms with van der Waals surface area (Å²) in [4.78, 5) is 18.6. The third-order valence-corrected chi connectivity index (χ3v) is 2.99. The zero-order valence-corrected chi connectivity index (χ0v) is 8.74. The molecule has 5 nitrogen and oxygen atoms in total. The molecule has 0 atom stereocenters. The van der Waals surface area contributed by atoms with Gasteiger partial charge in [0.25, 0.3) is 5.56 Å². The van der Waals surface area contributed by atoms with Crippen molar-refractivity contribution in [2.75, 3.05) is 0 Å². The highest BCUT2D eigenvalue weighted by Crippen LogP contribution is 2.38. The summed E-state index contributed by atoms with van der Waals surface area (Å²) in [6, 6.07) is 0. The fraction of sp³-hybridized carbons (Fsp3) is 0.500. The van der Waals surface area contributed by atoms with Gasteiger partial charge in [-0.2, -0.15) is 4.98 Å². The van der Waals surface area contributed by atoms with E-state index in [1.54, 1.807) is 11.4 Å². The molecule has 0 aromatic carbocycles. The average molecular weight is 204 g/mol. The zero-order valence-electron chi connectivity index (χ0n) is 8.74. The number of rotatable bonds is 1. The second kappa shape index (κ2) is 2.68. The lowest BCUT2D eigenvalue weighted by molar-refractivity contribution is 0.833. The van der Waals surface area contributed by atoms with Crippen molar-refractivity contribution < 1.29 is 0 Å². The van der Waals surface area contributed by atoms with Crippen LogP contribution in [0.15, 0.2) is 4.79 Å². The molecule has 0 spiro atoms. The Balaban J connectivity index is 2.34. The summed E-state index contributed by atoms with van der Waals surface area (Å²) in [5.74, 6) is 1.93. The lowest BCUT2D eigenvalue weighted by Gasteiger charge is -1.99. The Morgan fingerprint density at radius 2 is 2.13 bits per heavy atom. The average Bonchev–Trinajstić information content (AvgIpc) is 2.97. The fourth-order valence-electron chi connectivity index (χ4n) is 1.68. The number of aromatic nitrogens is 4. The molecule has 3 rings (SSSR count). The van der Waals surface area contributed by atoms with Gasteiger partial charge in [0.15, 0.2) is 5.82 Å². The number of hydrogen-bond donors (Lipinski definition) is 1. The second-order valence-corrected chi connectivity index (χ2v) is 4.14. The maximum atomic E-state index is 11.5. The van der Waals surface area contributed by atoms with Crippen LogP contribution in [0, 0.1) is 13.8 Å². The van der Waals surface area contributed by atoms with E-state index in [-0.39, 0.29) is 5.56 Å². The minimum atomic E-state index is -0.0743. The SMILES string of the molecule is Cc1c(C)n2nc(C3CC3)nc2[nH]c1=O. The third-order valence-electron chi connectivity index (χ3n) is 2.99. The highest BCUT2D eigenvalue weighted by molar-refractivity contribution is 5.33. The minimum Gasteiger partial charge on any atom is -0.291 e. The van der Waals surface area contributed by atoms with Crippen LogP contribution in [0.2, 0.25) is 0 Å². The van der Waals surface area contributed by atoms with Gasteiger partial charge in [0.2, 0.25) is 5.78 Å². The molecule has 0 amide bonds. The Labute approximate surface area is 86.2 Å². The Hall–Kier alpha value is -1.65. The summed E-state index contributed by atoms with van der Waals surface area (Å²) in [6.07, 6.45) is 2.33. The van der Waals surface area contributed by atoms with Gasteiger partial charge >= 0.3 is 0 Å². The first-order valence-corrected chi connectivity index (χ1v) is 5.13. The molecule has 5 heteroatoms. The first-order chi connectivity index (χ1) is 7.16. The lowest BCUT2D eigenvalue weighted by atomic mass is 10.3. The van der Waals surface area contributed by atoms with E-state index in [1.165, 1.54) is 12.8 Å². The Bertz CT molecular complexity index is 591. The number of aromatic amines is 1. The zero-order chi connectivity index (χ0) is 10.6. The van der Waals surface area contributed by atoms with Crippen LogP contribution in [0.1, 0.15) is 35.8 Å². The summed E-state index contributed by atoms with van der Waals surface area (Å²) in [5.41, 5.74) is 1.50. The van der Waals surface area contributed by atoms with Gasteiger partial charge in [0, 0.05) is 11.5 Å². The maximum Gasteiger partial charge on any atom is 0.255 e. The van der Waals surface area contributed by atoms with Gasteiger partial charge in [-0.05, 0) is 26.7 Å². The highest BCUT2D eigenvalue weighted by atomic mass is 16.1. The van der Waals surface area contributed by atoms with Gasteiger partial charge in [-0.3, -0.25) is 9.78 Å². The van der Waals surface area contributed by atoms with Gasteiger partial charge < -0.3 is 0 Å². The van der Waals surface area contributed by atoms with Crippen LogP contribution in [0.5, 0.6) is 0 Å². The molecule has 2 aromatic rings. The maximum absolute atomic E-state index is 11.5. The molecule has 0 unspecified atom stereocenters. The highest BCUT2D eigenvalue weighted by Gasteiger charge is 2.28. The van der Waals surface area contributed by atoms with E-state index < -0.39 is 0 Å². The van der Waals surface area contributed by atoms with Gasteiger partial charge in [-0.1, -0.05) is 0 Å². The normalized spacial score (nSPS) is 16.1. The van der Waals surface area contributed by atoms with Crippen LogP contribution >= 0.6 is 0 Å². The van der Waals surface area contributed by atoms with Crippen LogP contribution in [0.25, 0.3) is 5.78 Å². The van der Waals surface area contributed by atoms with Crippen LogP contribution in [-0.4, -0.2) is 19.6 Å². The van der Waals surface area contributed by atoms with Gasteiger partial charge in [0.05, 0.1) is 5.69 Å². The molecule has 1 fully saturated rings. The molecule has 1 saturated carbocycles. The summed E-state index contributed by atoms with van der Waals surface area (Å²) in [6.45, 7) is 3.69. The van der Waals surface area contributed by atoms with Gasteiger partial charge in [-0.25, -0.2) is 4.52 Å². The van der Waals surface area contributed by atoms with E-state index in [2.05, 4.69) is 15.1 Å². The lowest BCUT2D eigenvalue weighted by Crippen LogP contribution is -2.15. The van der Waals surface area contributed by atoms with Crippen LogP contribution < -0.4 is 5.56 Å². The van der Waals surface area contributed by atoms with Crippen LogP contribution in [-0.2, 0) is 0 Å². The number of fused-ring (bicyclic) bond motifs is 1. The van der Waals surface area contributed by atoms with Crippen molar-refractivity contribution in [1.82, 2.24) is 19.6 Å². The Kier molecular flexibility index (Phi) is 1.55. The van der Waals surface area contributed by atoms with Gasteiger partial charge in [0.1, 0.15) is 0 Å². The smallest absolute Gasteiger partial charge is 0.255 e. The van der Waals surface area contributed by atoms with E-state index in [0.29, 0.717) is 17.3 Å². The molecule has 1 aliphatic rings. The second-order valence-electron chi connectivity index (χ2n) is 4.14. The molecule has 1 aliphatic carbocycles. The quantitative estimate of drug-likeness (QED) is 0.751. The fourth-order valence-corrected chi connectivity index (χ4v) is 1.68. The number of hydrogen-bond acceptors (Lipinski definition) is 3. The first-order valence-electron chi connectivity index (χ1n) is 5.13. The van der Waals surface area contributed by atoms with E-state index in [1.807, 2.05) is 6.92 Å². The van der Waals surface area contributed by atoms with E-state index in [4.69, 9.17) is 0 Å². The third kappa shape index (κ3) is 1.19. The number of nitrogens with one attached hydrogen (secondary N) is 1. The largest absolute Gasteiger partial charge is 0.291 e. The van der Waals surface area contributed by atoms with Crippen molar-refractivity contribution in [2.45, 2.75) is 32.6 Å². The summed E-state index contributed by atoms with van der Waals surface area (Å²) in [7, 11) is 0. The number of H-pyrrole nitrogens is 1. The van der Waals surface area contributed by atoms with Crippen molar-refractivity contribution in [1.29, 1.82) is 0 Å². The molecule has 78 valence electrons. The number of nitrogens with zero attached hydrogens (tertiary/aromatic N) is 3. The summed E-state index contributed by atoms with van der Waals surface area (Å²) in [5, 5.41) is 4.41. The molecule has 15 heavy (non-hydrogen) atoms. The number of aryl methyl sites for hydroxylation is 1. The molecule has 2 heterocycles. The Morgan fingerprint density at radius 1 is 1.40 bits per heavy atom. The topological polar surface area (TPSA) is 63.1 Å². The molecule has 0 aliphatic heterocycles. The van der Waals surface area contributed by atoms with Crippen molar-refractivity contribution in [3.05, 3.63) is 27.4 Å². The van der Waals surface area contributed by atoms with Crippen LogP contribution in [0.3, 0.4) is 0 Å². The van der Waals surface area contributed by atoms with Gasteiger partial charge in [-0.15, -0.1) is 5.10 Å². The van der Waals surface area contributed by atoms with Crippen LogP contribution in [0.4, 0.5) is 0 Å². The molecule has 0 radical (unpaired) electrons. The molecular weight excluding hydrogens is 192 g/mol. The Morgan fingerprint density at radius 3 is 2.80 bits per heavy atom. The summed E-state index contributed by atoms with van der Waals surface area (Å²) >= 11 is 0. The molecule has 2 aromatic heterocycles. The standard InChI is InChI=1S/C10H12N4O/c1-5-6(2)14-10(12-9(5)15)11-8(13-14)7-3-4-7/h7H,3-4H2,1-2H3,(H,11,12,13,15). The van der Waals surface area contributed by atoms with Crippen molar-refractivity contribution >= 4 is 5.78 Å². The molecule has 1 N–H and O–H groups in total. The summed E-state index contributed by atoms with van der Waals surface area (Å²) < 4.78 is 1.73. The first kappa shape index (κ1) is 8.64. The van der Waals surface area contributed by atoms with Crippen molar-refractivity contribution in [3.8, 4) is 0 Å². The molecule has 0 saturated heterocycles. The minimum absolute atomic E-state index is 0.0743.